The molecule has 0 bridgehead atoms. The van der Waals surface area contributed by atoms with Crippen molar-refractivity contribution in [2.24, 2.45) is 0 Å². The molecule has 0 amide bonds. The summed E-state index contributed by atoms with van der Waals surface area (Å²) in [5, 5.41) is 12.4. The summed E-state index contributed by atoms with van der Waals surface area (Å²) in [7, 11) is 0. The van der Waals surface area contributed by atoms with Gasteiger partial charge in [0, 0.05) is 23.2 Å². The molecule has 10 heteroatoms. The van der Waals surface area contributed by atoms with Gasteiger partial charge in [0.15, 0.2) is 28.6 Å². The summed E-state index contributed by atoms with van der Waals surface area (Å²) in [6, 6.07) is 11.8. The average Bonchev–Trinajstić information content (AvgIpc) is 3.59. The van der Waals surface area contributed by atoms with Gasteiger partial charge >= 0.3 is 0 Å². The van der Waals surface area contributed by atoms with Gasteiger partial charge in [-0.3, -0.25) is 4.57 Å². The molecule has 4 aromatic rings. The van der Waals surface area contributed by atoms with Crippen molar-refractivity contribution >= 4 is 23.1 Å². The minimum Gasteiger partial charge on any atom is -0.483 e. The summed E-state index contributed by atoms with van der Waals surface area (Å²) < 4.78 is 31.9. The molecule has 34 heavy (non-hydrogen) atoms. The zero-order valence-corrected chi connectivity index (χ0v) is 19.9. The maximum Gasteiger partial charge on any atom is 0.231 e. The number of aromatic nitrogens is 4. The van der Waals surface area contributed by atoms with Crippen LogP contribution in [0.5, 0.6) is 17.2 Å². The lowest BCUT2D eigenvalue weighted by molar-refractivity contribution is 0.174. The number of hydrogen-bond acceptors (Lipinski definition) is 8. The molecule has 0 fully saturated rings. The third kappa shape index (κ3) is 4.78. The fraction of sp³-hybridized carbons (Fsp3) is 0.208. The summed E-state index contributed by atoms with van der Waals surface area (Å²) in [5.74, 6) is 3.07. The van der Waals surface area contributed by atoms with Crippen molar-refractivity contribution in [3.63, 3.8) is 0 Å². The monoisotopic (exact) mass is 496 g/mol. The molecule has 0 saturated heterocycles. The number of ether oxygens (including phenoxy) is 3. The predicted octanol–water partition coefficient (Wildman–Crippen LogP) is 5.89. The van der Waals surface area contributed by atoms with E-state index in [2.05, 4.69) is 16.8 Å². The normalized spacial score (nSPS) is 13.1. The summed E-state index contributed by atoms with van der Waals surface area (Å²) in [4.78, 5) is 4.77. The number of allylic oxidation sites excluding steroid dienone is 1. The second-order valence-electron chi connectivity index (χ2n) is 7.45. The molecule has 174 valence electrons. The summed E-state index contributed by atoms with van der Waals surface area (Å²) in [6.07, 6.45) is 1.42. The fourth-order valence-corrected chi connectivity index (χ4v) is 5.22. The van der Waals surface area contributed by atoms with Gasteiger partial charge in [-0.2, -0.15) is 0 Å². The summed E-state index contributed by atoms with van der Waals surface area (Å²) in [6.45, 7) is 6.53. The lowest BCUT2D eigenvalue weighted by Crippen LogP contribution is -2.12. The van der Waals surface area contributed by atoms with Gasteiger partial charge in [-0.05, 0) is 49.4 Å². The fourth-order valence-electron chi connectivity index (χ4n) is 3.45. The number of benzene rings is 2. The van der Waals surface area contributed by atoms with E-state index in [1.54, 1.807) is 41.3 Å². The maximum absolute atomic E-state index is 13.2. The van der Waals surface area contributed by atoms with Crippen LogP contribution in [-0.4, -0.2) is 26.5 Å². The minimum atomic E-state index is -0.371. The van der Waals surface area contributed by atoms with E-state index in [1.807, 2.05) is 35.1 Å². The van der Waals surface area contributed by atoms with Gasteiger partial charge in [-0.25, -0.2) is 9.37 Å². The first-order valence-corrected chi connectivity index (χ1v) is 12.4. The lowest BCUT2D eigenvalue weighted by atomic mass is 10.2. The Labute approximate surface area is 204 Å². The molecule has 1 aliphatic heterocycles. The third-order valence-electron chi connectivity index (χ3n) is 5.07. The van der Waals surface area contributed by atoms with Crippen LogP contribution in [0.1, 0.15) is 24.5 Å². The van der Waals surface area contributed by atoms with Crippen molar-refractivity contribution in [3.8, 4) is 27.8 Å². The number of fused-ring (bicyclic) bond motifs is 1. The van der Waals surface area contributed by atoms with Crippen molar-refractivity contribution in [2.45, 2.75) is 30.5 Å². The molecular formula is C24H21FN4O3S2. The first-order valence-electron chi connectivity index (χ1n) is 10.5. The highest BCUT2D eigenvalue weighted by atomic mass is 32.2. The topological polar surface area (TPSA) is 71.3 Å². The van der Waals surface area contributed by atoms with Crippen molar-refractivity contribution in [1.29, 1.82) is 0 Å². The maximum atomic E-state index is 13.2. The molecule has 0 N–H and O–H groups in total. The molecule has 1 aliphatic rings. The highest BCUT2D eigenvalue weighted by molar-refractivity contribution is 7.98. The molecule has 0 aliphatic carbocycles. The quantitative estimate of drug-likeness (QED) is 0.211. The van der Waals surface area contributed by atoms with Crippen molar-refractivity contribution in [2.75, 3.05) is 6.79 Å². The summed E-state index contributed by atoms with van der Waals surface area (Å²) >= 11 is 3.13. The second-order valence-corrected chi connectivity index (χ2v) is 9.26. The van der Waals surface area contributed by atoms with E-state index in [0.717, 1.165) is 32.9 Å². The Morgan fingerprint density at radius 1 is 1.21 bits per heavy atom. The Hall–Kier alpha value is -3.37. The van der Waals surface area contributed by atoms with E-state index in [4.69, 9.17) is 19.2 Å². The molecule has 7 nitrogen and oxygen atoms in total. The Bertz CT molecular complexity index is 1310. The molecule has 1 unspecified atom stereocenters. The van der Waals surface area contributed by atoms with Crippen LogP contribution in [0.3, 0.4) is 0 Å². The van der Waals surface area contributed by atoms with Crippen LogP contribution < -0.4 is 14.2 Å². The first kappa shape index (κ1) is 22.4. The highest BCUT2D eigenvalue weighted by Crippen LogP contribution is 2.37. The van der Waals surface area contributed by atoms with Gasteiger partial charge in [0.05, 0.1) is 5.69 Å². The molecule has 0 saturated carbocycles. The number of thiazole rings is 1. The molecule has 2 aromatic carbocycles. The zero-order valence-electron chi connectivity index (χ0n) is 18.3. The van der Waals surface area contributed by atoms with Gasteiger partial charge in [0.1, 0.15) is 16.6 Å². The highest BCUT2D eigenvalue weighted by Gasteiger charge is 2.20. The molecule has 0 spiro atoms. The van der Waals surface area contributed by atoms with Crippen LogP contribution in [0.25, 0.3) is 10.6 Å². The van der Waals surface area contributed by atoms with Gasteiger partial charge < -0.3 is 14.2 Å². The lowest BCUT2D eigenvalue weighted by Gasteiger charge is -2.15. The van der Waals surface area contributed by atoms with E-state index in [1.165, 1.54) is 12.1 Å². The van der Waals surface area contributed by atoms with E-state index in [9.17, 15) is 4.39 Å². The van der Waals surface area contributed by atoms with Crippen molar-refractivity contribution < 1.29 is 18.6 Å². The molecular weight excluding hydrogens is 475 g/mol. The van der Waals surface area contributed by atoms with Crippen molar-refractivity contribution in [1.82, 2.24) is 19.7 Å². The Morgan fingerprint density at radius 2 is 2.03 bits per heavy atom. The zero-order chi connectivity index (χ0) is 23.5. The minimum absolute atomic E-state index is 0.249. The average molecular weight is 497 g/mol. The van der Waals surface area contributed by atoms with Gasteiger partial charge in [0.25, 0.3) is 0 Å². The molecule has 1 atom stereocenters. The second kappa shape index (κ2) is 9.86. The van der Waals surface area contributed by atoms with E-state index >= 15 is 0 Å². The smallest absolute Gasteiger partial charge is 0.231 e. The van der Waals surface area contributed by atoms with E-state index in [-0.39, 0.29) is 18.7 Å². The number of nitrogens with zero attached hydrogens (tertiary/aromatic N) is 4. The van der Waals surface area contributed by atoms with Crippen LogP contribution in [-0.2, 0) is 12.3 Å². The number of halogens is 1. The van der Waals surface area contributed by atoms with Gasteiger partial charge in [-0.1, -0.05) is 17.8 Å². The van der Waals surface area contributed by atoms with Crippen LogP contribution in [0, 0.1) is 5.82 Å². The molecule has 0 radical (unpaired) electrons. The Morgan fingerprint density at radius 3 is 2.85 bits per heavy atom. The SMILES string of the molecule is C=CCn1c(SCc2csc(-c3ccc4c(c3)OCO4)n2)nnc1C(C)Oc1ccc(F)cc1. The predicted molar refractivity (Wildman–Crippen MR) is 129 cm³/mol. The first-order chi connectivity index (χ1) is 16.6. The largest absolute Gasteiger partial charge is 0.483 e. The van der Waals surface area contributed by atoms with Gasteiger partial charge in [0.2, 0.25) is 6.79 Å². The van der Waals surface area contributed by atoms with Crippen LogP contribution in [0.2, 0.25) is 0 Å². The summed E-state index contributed by atoms with van der Waals surface area (Å²) in [5.41, 5.74) is 1.95. The molecule has 2 aromatic heterocycles. The standard InChI is InChI=1S/C24H21FN4O3S2/c1-3-10-29-22(15(2)32-19-7-5-17(25)6-8-19)27-28-24(29)34-13-18-12-33-23(26-18)16-4-9-20-21(11-16)31-14-30-20/h3-9,11-12,15H,1,10,13-14H2,2H3. The molecule has 3 heterocycles. The van der Waals surface area contributed by atoms with Crippen LogP contribution >= 0.6 is 23.1 Å². The van der Waals surface area contributed by atoms with Crippen LogP contribution in [0.4, 0.5) is 4.39 Å². The number of thioether (sulfide) groups is 1. The third-order valence-corrected chi connectivity index (χ3v) is 7.01. The Balaban J connectivity index is 1.28. The van der Waals surface area contributed by atoms with E-state index < -0.39 is 0 Å². The van der Waals surface area contributed by atoms with Crippen LogP contribution in [0.15, 0.2) is 65.7 Å². The van der Waals surface area contributed by atoms with E-state index in [0.29, 0.717) is 23.9 Å². The van der Waals surface area contributed by atoms with Gasteiger partial charge in [-0.15, -0.1) is 28.1 Å². The Kier molecular flexibility index (Phi) is 6.50. The number of hydrogen-bond donors (Lipinski definition) is 0. The molecule has 5 rings (SSSR count). The number of rotatable bonds is 9. The van der Waals surface area contributed by atoms with Crippen molar-refractivity contribution in [3.05, 3.63) is 77.8 Å².